The molecule has 4 rings (SSSR count). The SMILES string of the molecule is O=C(CN1C(=O)CSc2ccc(S(=O)(=O)N3CCOCC3)cc21)Nc1ccc(Cl)cc1F. The second kappa shape index (κ2) is 9.36. The number of carbonyl (C=O) groups excluding carboxylic acids is 2. The van der Waals surface area contributed by atoms with E-state index < -0.39 is 28.3 Å². The predicted molar refractivity (Wildman–Crippen MR) is 119 cm³/mol. The van der Waals surface area contributed by atoms with Crippen molar-refractivity contribution in [3.8, 4) is 0 Å². The van der Waals surface area contributed by atoms with Crippen LogP contribution < -0.4 is 10.2 Å². The smallest absolute Gasteiger partial charge is 0.244 e. The van der Waals surface area contributed by atoms with Gasteiger partial charge in [-0.25, -0.2) is 12.8 Å². The predicted octanol–water partition coefficient (Wildman–Crippen LogP) is 2.58. The maximum atomic E-state index is 14.0. The minimum absolute atomic E-state index is 0.0302. The Labute approximate surface area is 193 Å². The first-order valence-corrected chi connectivity index (χ1v) is 12.5. The number of halogens is 2. The van der Waals surface area contributed by atoms with Crippen LogP contribution in [0.1, 0.15) is 0 Å². The third kappa shape index (κ3) is 4.76. The van der Waals surface area contributed by atoms with E-state index in [1.165, 1.54) is 45.2 Å². The summed E-state index contributed by atoms with van der Waals surface area (Å²) in [4.78, 5) is 27.0. The van der Waals surface area contributed by atoms with Gasteiger partial charge in [-0.1, -0.05) is 11.6 Å². The highest BCUT2D eigenvalue weighted by molar-refractivity contribution is 8.00. The third-order valence-electron chi connectivity index (χ3n) is 4.99. The van der Waals surface area contributed by atoms with Gasteiger partial charge in [0.25, 0.3) is 0 Å². The van der Waals surface area contributed by atoms with Crippen molar-refractivity contribution in [3.63, 3.8) is 0 Å². The Hall–Kier alpha value is -2.18. The summed E-state index contributed by atoms with van der Waals surface area (Å²) in [5.41, 5.74) is 0.259. The number of hydrogen-bond donors (Lipinski definition) is 1. The number of anilines is 2. The molecule has 12 heteroatoms. The van der Waals surface area contributed by atoms with Gasteiger partial charge in [0, 0.05) is 23.0 Å². The molecule has 0 radical (unpaired) electrons. The number of sulfonamides is 1. The van der Waals surface area contributed by atoms with Crippen molar-refractivity contribution in [2.75, 3.05) is 48.8 Å². The van der Waals surface area contributed by atoms with Crippen LogP contribution in [-0.2, 0) is 24.3 Å². The number of fused-ring (bicyclic) bond motifs is 1. The van der Waals surface area contributed by atoms with E-state index in [1.807, 2.05) is 0 Å². The van der Waals surface area contributed by atoms with Crippen molar-refractivity contribution in [2.24, 2.45) is 0 Å². The molecule has 0 saturated carbocycles. The first-order chi connectivity index (χ1) is 15.3. The summed E-state index contributed by atoms with van der Waals surface area (Å²) in [5, 5.41) is 2.61. The lowest BCUT2D eigenvalue weighted by Crippen LogP contribution is -2.42. The summed E-state index contributed by atoms with van der Waals surface area (Å²) < 4.78 is 46.6. The normalized spacial score (nSPS) is 17.2. The topological polar surface area (TPSA) is 96.0 Å². The number of ether oxygens (including phenoxy) is 1. The molecule has 0 unspecified atom stereocenters. The maximum absolute atomic E-state index is 14.0. The molecule has 32 heavy (non-hydrogen) atoms. The van der Waals surface area contributed by atoms with Crippen molar-refractivity contribution < 1.29 is 27.1 Å². The van der Waals surface area contributed by atoms with Gasteiger partial charge in [-0.15, -0.1) is 11.8 Å². The maximum Gasteiger partial charge on any atom is 0.244 e. The van der Waals surface area contributed by atoms with Gasteiger partial charge in [0.2, 0.25) is 21.8 Å². The first-order valence-electron chi connectivity index (χ1n) is 9.66. The Morgan fingerprint density at radius 2 is 1.94 bits per heavy atom. The standard InChI is InChI=1S/C20H19ClFN3O5S2/c21-13-1-3-16(15(22)9-13)23-19(26)11-25-17-10-14(2-4-18(17)31-12-20(25)27)32(28,29)24-5-7-30-8-6-24/h1-4,9-10H,5-8,11-12H2,(H,23,26). The molecule has 2 aliphatic heterocycles. The molecule has 1 saturated heterocycles. The number of amides is 2. The molecule has 2 heterocycles. The van der Waals surface area contributed by atoms with Crippen molar-refractivity contribution in [3.05, 3.63) is 47.2 Å². The minimum Gasteiger partial charge on any atom is -0.379 e. The summed E-state index contributed by atoms with van der Waals surface area (Å²) in [7, 11) is -3.78. The summed E-state index contributed by atoms with van der Waals surface area (Å²) >= 11 is 6.99. The fourth-order valence-corrected chi connectivity index (χ4v) is 5.88. The van der Waals surface area contributed by atoms with Gasteiger partial charge in [-0.2, -0.15) is 4.31 Å². The van der Waals surface area contributed by atoms with E-state index in [0.29, 0.717) is 23.8 Å². The van der Waals surface area contributed by atoms with E-state index in [0.717, 1.165) is 6.07 Å². The molecular formula is C20H19ClFN3O5S2. The molecule has 0 bridgehead atoms. The second-order valence-electron chi connectivity index (χ2n) is 7.09. The summed E-state index contributed by atoms with van der Waals surface area (Å²) in [5.74, 6) is -1.58. The summed E-state index contributed by atoms with van der Waals surface area (Å²) in [6.07, 6.45) is 0. The quantitative estimate of drug-likeness (QED) is 0.679. The number of carbonyl (C=O) groups is 2. The zero-order chi connectivity index (χ0) is 22.9. The largest absolute Gasteiger partial charge is 0.379 e. The van der Waals surface area contributed by atoms with Crippen LogP contribution in [-0.4, -0.2) is 63.1 Å². The molecule has 2 aliphatic rings. The van der Waals surface area contributed by atoms with Crippen LogP contribution in [0.3, 0.4) is 0 Å². The summed E-state index contributed by atoms with van der Waals surface area (Å²) in [6, 6.07) is 8.35. The lowest BCUT2D eigenvalue weighted by Gasteiger charge is -2.30. The van der Waals surface area contributed by atoms with Crippen LogP contribution in [0.4, 0.5) is 15.8 Å². The van der Waals surface area contributed by atoms with Gasteiger partial charge in [0.15, 0.2) is 0 Å². The highest BCUT2D eigenvalue weighted by Gasteiger charge is 2.31. The van der Waals surface area contributed by atoms with Crippen LogP contribution in [0.5, 0.6) is 0 Å². The molecule has 170 valence electrons. The van der Waals surface area contributed by atoms with Gasteiger partial charge in [-0.3, -0.25) is 9.59 Å². The Morgan fingerprint density at radius 1 is 1.19 bits per heavy atom. The number of morpholine rings is 1. The van der Waals surface area contributed by atoms with Crippen LogP contribution in [0.15, 0.2) is 46.2 Å². The van der Waals surface area contributed by atoms with Gasteiger partial charge >= 0.3 is 0 Å². The number of nitrogens with one attached hydrogen (secondary N) is 1. The molecule has 0 spiro atoms. The van der Waals surface area contributed by atoms with E-state index in [1.54, 1.807) is 6.07 Å². The fraction of sp³-hybridized carbons (Fsp3) is 0.300. The lowest BCUT2D eigenvalue weighted by atomic mass is 10.2. The molecule has 0 aromatic heterocycles. The Balaban J connectivity index is 1.59. The first kappa shape index (κ1) is 23.0. The van der Waals surface area contributed by atoms with Crippen molar-refractivity contribution >= 4 is 56.6 Å². The number of benzene rings is 2. The molecule has 8 nitrogen and oxygen atoms in total. The van der Waals surface area contributed by atoms with E-state index in [4.69, 9.17) is 16.3 Å². The number of hydrogen-bond acceptors (Lipinski definition) is 6. The molecule has 2 aromatic rings. The van der Waals surface area contributed by atoms with Gasteiger partial charge < -0.3 is 15.0 Å². The summed E-state index contributed by atoms with van der Waals surface area (Å²) in [6.45, 7) is 0.714. The van der Waals surface area contributed by atoms with Gasteiger partial charge in [0.1, 0.15) is 12.4 Å². The van der Waals surface area contributed by atoms with Crippen molar-refractivity contribution in [1.82, 2.24) is 4.31 Å². The van der Waals surface area contributed by atoms with Crippen LogP contribution in [0.25, 0.3) is 0 Å². The third-order valence-corrected chi connectivity index (χ3v) is 8.17. The van der Waals surface area contributed by atoms with Crippen LogP contribution in [0.2, 0.25) is 5.02 Å². The average molecular weight is 500 g/mol. The van der Waals surface area contributed by atoms with Crippen LogP contribution >= 0.6 is 23.4 Å². The molecule has 0 atom stereocenters. The Morgan fingerprint density at radius 3 is 2.66 bits per heavy atom. The molecule has 2 amide bonds. The van der Waals surface area contributed by atoms with E-state index in [9.17, 15) is 22.4 Å². The fourth-order valence-electron chi connectivity index (χ4n) is 3.38. The number of thioether (sulfide) groups is 1. The molecule has 0 aliphatic carbocycles. The molecular weight excluding hydrogens is 481 g/mol. The lowest BCUT2D eigenvalue weighted by molar-refractivity contribution is -0.120. The monoisotopic (exact) mass is 499 g/mol. The van der Waals surface area contributed by atoms with Gasteiger partial charge in [-0.05, 0) is 36.4 Å². The Bertz CT molecular complexity index is 1170. The Kier molecular flexibility index (Phi) is 6.72. The zero-order valence-electron chi connectivity index (χ0n) is 16.7. The van der Waals surface area contributed by atoms with E-state index in [2.05, 4.69) is 5.32 Å². The van der Waals surface area contributed by atoms with E-state index >= 15 is 0 Å². The zero-order valence-corrected chi connectivity index (χ0v) is 19.1. The van der Waals surface area contributed by atoms with E-state index in [-0.39, 0.29) is 40.4 Å². The van der Waals surface area contributed by atoms with Crippen LogP contribution in [0, 0.1) is 5.82 Å². The minimum atomic E-state index is -3.78. The second-order valence-corrected chi connectivity index (χ2v) is 10.5. The molecule has 1 N–H and O–H groups in total. The highest BCUT2D eigenvalue weighted by atomic mass is 35.5. The molecule has 1 fully saturated rings. The van der Waals surface area contributed by atoms with Crippen molar-refractivity contribution in [1.29, 1.82) is 0 Å². The van der Waals surface area contributed by atoms with Gasteiger partial charge in [0.05, 0.1) is 35.2 Å². The average Bonchev–Trinajstić information content (AvgIpc) is 2.78. The highest BCUT2D eigenvalue weighted by Crippen LogP contribution is 2.37. The van der Waals surface area contributed by atoms with Crippen molar-refractivity contribution in [2.45, 2.75) is 9.79 Å². The number of rotatable bonds is 5. The number of nitrogens with zero attached hydrogens (tertiary/aromatic N) is 2. The molecule has 2 aromatic carbocycles.